The van der Waals surface area contributed by atoms with Gasteiger partial charge in [-0.05, 0) is 32.0 Å². The Morgan fingerprint density at radius 1 is 1.56 bits per heavy atom. The number of carbonyl (C=O) groups is 1. The molecule has 0 aliphatic heterocycles. The van der Waals surface area contributed by atoms with Crippen LogP contribution in [0.4, 0.5) is 4.39 Å². The number of rotatable bonds is 3. The van der Waals surface area contributed by atoms with Crippen molar-refractivity contribution in [1.29, 1.82) is 0 Å². The Morgan fingerprint density at radius 3 is 2.69 bits per heavy atom. The molecule has 0 aliphatic carbocycles. The van der Waals surface area contributed by atoms with E-state index in [1.165, 1.54) is 12.1 Å². The average Bonchev–Trinajstić information content (AvgIpc) is 2.16. The Balaban J connectivity index is 2.89. The molecule has 1 amide bonds. The van der Waals surface area contributed by atoms with Crippen molar-refractivity contribution in [1.82, 2.24) is 5.32 Å². The number of nitrogens with one attached hydrogen (secondary N) is 1. The molecule has 0 saturated carbocycles. The molecule has 1 aromatic rings. The van der Waals surface area contributed by atoms with Crippen molar-refractivity contribution in [2.45, 2.75) is 19.4 Å². The van der Waals surface area contributed by atoms with Gasteiger partial charge in [0, 0.05) is 12.1 Å². The molecule has 0 fully saturated rings. The second kappa shape index (κ2) is 4.80. The number of hydrogen-bond donors (Lipinski definition) is 2. The third-order valence-electron chi connectivity index (χ3n) is 2.14. The van der Waals surface area contributed by atoms with Gasteiger partial charge in [0.2, 0.25) is 0 Å². The molecule has 1 rings (SSSR count). The first-order chi connectivity index (χ1) is 7.35. The van der Waals surface area contributed by atoms with Crippen molar-refractivity contribution < 1.29 is 9.18 Å². The molecule has 0 aromatic heterocycles. The highest BCUT2D eigenvalue weighted by atomic mass is 35.5. The molecule has 0 radical (unpaired) electrons. The smallest absolute Gasteiger partial charge is 0.253 e. The Morgan fingerprint density at radius 2 is 2.19 bits per heavy atom. The second-order valence-corrected chi connectivity index (χ2v) is 4.57. The molecular weight excluding hydrogens is 231 g/mol. The predicted molar refractivity (Wildman–Crippen MR) is 62.0 cm³/mol. The lowest BCUT2D eigenvalue weighted by atomic mass is 10.1. The van der Waals surface area contributed by atoms with Gasteiger partial charge >= 0.3 is 0 Å². The van der Waals surface area contributed by atoms with Gasteiger partial charge in [0.1, 0.15) is 5.82 Å². The zero-order chi connectivity index (χ0) is 12.3. The van der Waals surface area contributed by atoms with Gasteiger partial charge in [-0.2, -0.15) is 0 Å². The second-order valence-electron chi connectivity index (χ2n) is 4.17. The van der Waals surface area contributed by atoms with E-state index in [-0.39, 0.29) is 16.5 Å². The summed E-state index contributed by atoms with van der Waals surface area (Å²) in [4.78, 5) is 11.8. The van der Waals surface area contributed by atoms with E-state index in [1.54, 1.807) is 13.8 Å². The fraction of sp³-hybridized carbons (Fsp3) is 0.364. The van der Waals surface area contributed by atoms with E-state index in [9.17, 15) is 9.18 Å². The number of hydrogen-bond acceptors (Lipinski definition) is 2. The van der Waals surface area contributed by atoms with Crippen LogP contribution in [0.3, 0.4) is 0 Å². The van der Waals surface area contributed by atoms with Crippen molar-refractivity contribution in [3.63, 3.8) is 0 Å². The molecule has 3 nitrogen and oxygen atoms in total. The van der Waals surface area contributed by atoms with E-state index in [4.69, 9.17) is 17.3 Å². The van der Waals surface area contributed by atoms with Crippen molar-refractivity contribution >= 4 is 17.5 Å². The summed E-state index contributed by atoms with van der Waals surface area (Å²) < 4.78 is 12.8. The van der Waals surface area contributed by atoms with Crippen LogP contribution < -0.4 is 11.1 Å². The zero-order valence-electron chi connectivity index (χ0n) is 9.18. The maximum atomic E-state index is 12.8. The van der Waals surface area contributed by atoms with E-state index < -0.39 is 11.4 Å². The minimum atomic E-state index is -0.519. The van der Waals surface area contributed by atoms with Crippen LogP contribution >= 0.6 is 11.6 Å². The molecule has 0 aliphatic rings. The molecule has 0 saturated heterocycles. The SMILES string of the molecule is CC(C)(CN)NC(=O)c1ccc(F)cc1Cl. The molecule has 5 heteroatoms. The summed E-state index contributed by atoms with van der Waals surface area (Å²) in [6, 6.07) is 3.64. The van der Waals surface area contributed by atoms with Crippen LogP contribution in [-0.4, -0.2) is 18.0 Å². The summed E-state index contributed by atoms with van der Waals surface area (Å²) in [6.45, 7) is 3.89. The van der Waals surface area contributed by atoms with E-state index >= 15 is 0 Å². The van der Waals surface area contributed by atoms with Gasteiger partial charge in [-0.25, -0.2) is 4.39 Å². The first-order valence-corrected chi connectivity index (χ1v) is 5.21. The number of benzene rings is 1. The number of nitrogens with two attached hydrogens (primary N) is 1. The highest BCUT2D eigenvalue weighted by Crippen LogP contribution is 2.17. The quantitative estimate of drug-likeness (QED) is 0.854. The van der Waals surface area contributed by atoms with E-state index in [0.29, 0.717) is 6.54 Å². The summed E-state index contributed by atoms with van der Waals surface area (Å²) in [7, 11) is 0. The van der Waals surface area contributed by atoms with Gasteiger partial charge in [0.05, 0.1) is 10.6 Å². The Kier molecular flexibility index (Phi) is 3.88. The van der Waals surface area contributed by atoms with Gasteiger partial charge in [0.15, 0.2) is 0 Å². The van der Waals surface area contributed by atoms with Crippen molar-refractivity contribution in [2.75, 3.05) is 6.54 Å². The molecule has 3 N–H and O–H groups in total. The van der Waals surface area contributed by atoms with Crippen molar-refractivity contribution in [3.8, 4) is 0 Å². The summed E-state index contributed by atoms with van der Waals surface area (Å²) in [5, 5.41) is 2.80. The topological polar surface area (TPSA) is 55.1 Å². The normalized spacial score (nSPS) is 11.3. The monoisotopic (exact) mass is 244 g/mol. The predicted octanol–water partition coefficient (Wildman–Crippen LogP) is 1.95. The summed E-state index contributed by atoms with van der Waals surface area (Å²) >= 11 is 5.76. The van der Waals surface area contributed by atoms with Gasteiger partial charge in [-0.3, -0.25) is 4.79 Å². The van der Waals surface area contributed by atoms with E-state index in [1.807, 2.05) is 0 Å². The molecule has 16 heavy (non-hydrogen) atoms. The first-order valence-electron chi connectivity index (χ1n) is 4.83. The fourth-order valence-corrected chi connectivity index (χ4v) is 1.35. The van der Waals surface area contributed by atoms with E-state index in [0.717, 1.165) is 6.07 Å². The van der Waals surface area contributed by atoms with Crippen LogP contribution in [0.15, 0.2) is 18.2 Å². The molecular formula is C11H14ClFN2O. The lowest BCUT2D eigenvalue weighted by Crippen LogP contribution is -2.48. The van der Waals surface area contributed by atoms with Gasteiger partial charge in [-0.15, -0.1) is 0 Å². The van der Waals surface area contributed by atoms with Crippen LogP contribution in [0.25, 0.3) is 0 Å². The van der Waals surface area contributed by atoms with Gasteiger partial charge < -0.3 is 11.1 Å². The highest BCUT2D eigenvalue weighted by Gasteiger charge is 2.20. The Bertz CT molecular complexity index is 407. The lowest BCUT2D eigenvalue weighted by molar-refractivity contribution is 0.0916. The minimum absolute atomic E-state index is 0.0883. The largest absolute Gasteiger partial charge is 0.346 e. The van der Waals surface area contributed by atoms with Crippen LogP contribution in [0.2, 0.25) is 5.02 Å². The number of carbonyl (C=O) groups excluding carboxylic acids is 1. The third-order valence-corrected chi connectivity index (χ3v) is 2.45. The minimum Gasteiger partial charge on any atom is -0.346 e. The molecule has 0 heterocycles. The summed E-state index contributed by atoms with van der Waals surface area (Å²) in [6.07, 6.45) is 0. The Labute approximate surface area is 98.8 Å². The molecule has 1 aromatic carbocycles. The van der Waals surface area contributed by atoms with Crippen molar-refractivity contribution in [2.24, 2.45) is 5.73 Å². The van der Waals surface area contributed by atoms with Crippen LogP contribution in [-0.2, 0) is 0 Å². The zero-order valence-corrected chi connectivity index (χ0v) is 9.94. The highest BCUT2D eigenvalue weighted by molar-refractivity contribution is 6.33. The molecule has 88 valence electrons. The molecule has 0 atom stereocenters. The van der Waals surface area contributed by atoms with E-state index in [2.05, 4.69) is 5.32 Å². The maximum Gasteiger partial charge on any atom is 0.253 e. The first kappa shape index (κ1) is 12.9. The van der Waals surface area contributed by atoms with Crippen LogP contribution in [0, 0.1) is 5.82 Å². The maximum absolute atomic E-state index is 12.8. The standard InChI is InChI=1S/C11H14ClFN2O/c1-11(2,6-14)15-10(16)8-4-3-7(13)5-9(8)12/h3-5H,6,14H2,1-2H3,(H,15,16). The molecule has 0 spiro atoms. The summed E-state index contributed by atoms with van der Waals surface area (Å²) in [5.74, 6) is -0.833. The number of halogens is 2. The molecule has 0 bridgehead atoms. The summed E-state index contributed by atoms with van der Waals surface area (Å²) in [5.41, 5.74) is 5.21. The van der Waals surface area contributed by atoms with Crippen molar-refractivity contribution in [3.05, 3.63) is 34.6 Å². The third kappa shape index (κ3) is 3.18. The van der Waals surface area contributed by atoms with Crippen LogP contribution in [0.1, 0.15) is 24.2 Å². The fourth-order valence-electron chi connectivity index (χ4n) is 1.10. The lowest BCUT2D eigenvalue weighted by Gasteiger charge is -2.24. The molecule has 0 unspecified atom stereocenters. The van der Waals surface area contributed by atoms with Crippen LogP contribution in [0.5, 0.6) is 0 Å². The average molecular weight is 245 g/mol. The van der Waals surface area contributed by atoms with Gasteiger partial charge in [-0.1, -0.05) is 11.6 Å². The number of amides is 1. The van der Waals surface area contributed by atoms with Gasteiger partial charge in [0.25, 0.3) is 5.91 Å². The Hall–Kier alpha value is -1.13.